The summed E-state index contributed by atoms with van der Waals surface area (Å²) in [7, 11) is 2.20. The Kier molecular flexibility index (Phi) is 11.6. The van der Waals surface area contributed by atoms with Crippen molar-refractivity contribution in [1.29, 1.82) is 0 Å². The molecule has 3 nitrogen and oxygen atoms in total. The van der Waals surface area contributed by atoms with E-state index in [4.69, 9.17) is 13.3 Å². The molecule has 0 radical (unpaired) electrons. The van der Waals surface area contributed by atoms with Crippen molar-refractivity contribution in [2.24, 2.45) is 0 Å². The summed E-state index contributed by atoms with van der Waals surface area (Å²) in [5.74, 6) is 2.52. The highest BCUT2D eigenvalue weighted by Crippen LogP contribution is 2.34. The fourth-order valence-electron chi connectivity index (χ4n) is 1.96. The van der Waals surface area contributed by atoms with Crippen LogP contribution < -0.4 is 0 Å². The van der Waals surface area contributed by atoms with E-state index < -0.39 is 23.3 Å². The first-order valence-electron chi connectivity index (χ1n) is 8.03. The van der Waals surface area contributed by atoms with Crippen LogP contribution in [0.4, 0.5) is 0 Å². The van der Waals surface area contributed by atoms with Gasteiger partial charge in [-0.15, -0.1) is 0 Å². The fourth-order valence-corrected chi connectivity index (χ4v) is 13.1. The van der Waals surface area contributed by atoms with Gasteiger partial charge >= 0.3 is 8.56 Å². The third-order valence-electron chi connectivity index (χ3n) is 4.01. The van der Waals surface area contributed by atoms with Crippen LogP contribution in [0.3, 0.4) is 0 Å². The molecule has 8 heteroatoms. The van der Waals surface area contributed by atoms with Crippen molar-refractivity contribution in [3.05, 3.63) is 0 Å². The van der Waals surface area contributed by atoms with Crippen molar-refractivity contribution in [3.8, 4) is 0 Å². The van der Waals surface area contributed by atoms with Gasteiger partial charge in [0.2, 0.25) is 0 Å². The second kappa shape index (κ2) is 11.0. The summed E-state index contributed by atoms with van der Waals surface area (Å²) in [5.41, 5.74) is 0. The molecule has 134 valence electrons. The van der Waals surface area contributed by atoms with Gasteiger partial charge in [0.1, 0.15) is 0 Å². The van der Waals surface area contributed by atoms with Crippen molar-refractivity contribution >= 4 is 45.7 Å². The first kappa shape index (κ1) is 23.2. The minimum Gasteiger partial charge on any atom is -0.420 e. The fraction of sp³-hybridized carbons (Fsp3) is 1.00. The molecule has 0 aromatic rings. The standard InChI is InChI=1S/C14H36O3S2Si3/c1-15-20(4,5)13-9-11-18-21(6,7)19-12-10-14-22(8,16-2)17-3/h9-14H2,1-8H3. The van der Waals surface area contributed by atoms with E-state index in [0.29, 0.717) is 0 Å². The zero-order valence-corrected chi connectivity index (χ0v) is 20.4. The molecule has 0 saturated heterocycles. The Morgan fingerprint density at radius 3 is 1.55 bits per heavy atom. The number of rotatable bonds is 13. The van der Waals surface area contributed by atoms with Gasteiger partial charge in [0.05, 0.1) is 0 Å². The van der Waals surface area contributed by atoms with Crippen molar-refractivity contribution in [2.75, 3.05) is 32.8 Å². The molecule has 0 aliphatic carbocycles. The van der Waals surface area contributed by atoms with Crippen molar-refractivity contribution in [1.82, 2.24) is 0 Å². The molecule has 0 saturated carbocycles. The topological polar surface area (TPSA) is 27.7 Å². The van der Waals surface area contributed by atoms with E-state index in [0.717, 1.165) is 6.04 Å². The molecule has 0 rings (SSSR count). The van der Waals surface area contributed by atoms with Gasteiger partial charge < -0.3 is 13.3 Å². The highest BCUT2D eigenvalue weighted by atomic mass is 32.6. The van der Waals surface area contributed by atoms with Gasteiger partial charge in [0.25, 0.3) is 0 Å². The Balaban J connectivity index is 3.86. The Hall–Kier alpha value is 1.23. The maximum atomic E-state index is 5.62. The van der Waals surface area contributed by atoms with Crippen LogP contribution in [0.5, 0.6) is 0 Å². The van der Waals surface area contributed by atoms with Crippen LogP contribution in [0.2, 0.25) is 44.8 Å². The molecule has 0 aliphatic heterocycles. The lowest BCUT2D eigenvalue weighted by Crippen LogP contribution is -2.36. The molecule has 0 amide bonds. The Bertz CT molecular complexity index is 301. The monoisotopic (exact) mass is 400 g/mol. The summed E-state index contributed by atoms with van der Waals surface area (Å²) in [4.78, 5) is 0. The van der Waals surface area contributed by atoms with Crippen LogP contribution in [-0.2, 0) is 13.3 Å². The van der Waals surface area contributed by atoms with Gasteiger partial charge in [-0.25, -0.2) is 0 Å². The quantitative estimate of drug-likeness (QED) is 0.315. The third kappa shape index (κ3) is 10.9. The Morgan fingerprint density at radius 1 is 0.682 bits per heavy atom. The van der Waals surface area contributed by atoms with Gasteiger partial charge in [-0.1, -0.05) is 13.1 Å². The van der Waals surface area contributed by atoms with Crippen LogP contribution in [0, 0.1) is 0 Å². The molecule has 0 N–H and O–H groups in total. The summed E-state index contributed by atoms with van der Waals surface area (Å²) >= 11 is 4.41. The Labute approximate surface area is 149 Å². The maximum Gasteiger partial charge on any atom is 0.334 e. The molecule has 0 bridgehead atoms. The van der Waals surface area contributed by atoms with E-state index in [-0.39, 0.29) is 0 Å². The smallest absolute Gasteiger partial charge is 0.334 e. The highest BCUT2D eigenvalue weighted by molar-refractivity contribution is 8.58. The number of hydrogen-bond donors (Lipinski definition) is 0. The van der Waals surface area contributed by atoms with Crippen LogP contribution in [0.25, 0.3) is 0 Å². The number of hydrogen-bond acceptors (Lipinski definition) is 5. The van der Waals surface area contributed by atoms with Crippen molar-refractivity contribution in [3.63, 3.8) is 0 Å². The summed E-state index contributed by atoms with van der Waals surface area (Å²) in [6.45, 7) is 11.7. The summed E-state index contributed by atoms with van der Waals surface area (Å²) in [6.07, 6.45) is 1.32. The molecular formula is C14H36O3S2Si3. The molecular weight excluding hydrogens is 365 g/mol. The normalized spacial score (nSPS) is 13.6. The Morgan fingerprint density at radius 2 is 1.14 bits per heavy atom. The first-order chi connectivity index (χ1) is 10.1. The van der Waals surface area contributed by atoms with E-state index in [1.807, 2.05) is 7.11 Å². The van der Waals surface area contributed by atoms with Crippen molar-refractivity contribution in [2.45, 2.75) is 57.7 Å². The minimum atomic E-state index is -1.86. The molecule has 0 aromatic heterocycles. The lowest BCUT2D eigenvalue weighted by molar-refractivity contribution is 0.249. The van der Waals surface area contributed by atoms with E-state index in [9.17, 15) is 0 Å². The highest BCUT2D eigenvalue weighted by Gasteiger charge is 2.29. The molecule has 0 fully saturated rings. The van der Waals surface area contributed by atoms with E-state index >= 15 is 0 Å². The zero-order chi connectivity index (χ0) is 17.3. The molecule has 0 atom stereocenters. The van der Waals surface area contributed by atoms with Crippen LogP contribution in [0.15, 0.2) is 0 Å². The predicted octanol–water partition coefficient (Wildman–Crippen LogP) is 5.15. The zero-order valence-electron chi connectivity index (χ0n) is 15.8. The van der Waals surface area contributed by atoms with Crippen LogP contribution in [0.1, 0.15) is 12.8 Å². The minimum absolute atomic E-state index is 1.09. The average Bonchev–Trinajstić information content (AvgIpc) is 2.48. The second-order valence-corrected chi connectivity index (χ2v) is 27.6. The molecule has 0 spiro atoms. The van der Waals surface area contributed by atoms with Gasteiger partial charge in [-0.3, -0.25) is 0 Å². The van der Waals surface area contributed by atoms with Gasteiger partial charge in [0.15, 0.2) is 14.7 Å². The summed E-state index contributed by atoms with van der Waals surface area (Å²) in [5, 5.41) is 0. The van der Waals surface area contributed by atoms with Gasteiger partial charge in [-0.05, 0) is 56.1 Å². The average molecular weight is 401 g/mol. The van der Waals surface area contributed by atoms with Crippen LogP contribution >= 0.6 is 22.4 Å². The molecule has 0 aromatic carbocycles. The molecule has 0 heterocycles. The van der Waals surface area contributed by atoms with Gasteiger partial charge in [-0.2, -0.15) is 22.4 Å². The summed E-state index contributed by atoms with van der Waals surface area (Å²) < 4.78 is 16.7. The maximum absolute atomic E-state index is 5.62. The van der Waals surface area contributed by atoms with E-state index in [2.05, 4.69) is 55.2 Å². The first-order valence-corrected chi connectivity index (χ1v) is 20.1. The predicted molar refractivity (Wildman–Crippen MR) is 111 cm³/mol. The second-order valence-electron chi connectivity index (χ2n) is 6.81. The van der Waals surface area contributed by atoms with Crippen LogP contribution in [-0.4, -0.2) is 56.1 Å². The van der Waals surface area contributed by atoms with E-state index in [1.54, 1.807) is 14.2 Å². The SMILES string of the molecule is CO[Si](C)(C)CCCS[Si](C)(C)SCCC[Si](C)(OC)OC. The third-order valence-corrected chi connectivity index (χ3v) is 19.6. The molecule has 22 heavy (non-hydrogen) atoms. The van der Waals surface area contributed by atoms with Gasteiger partial charge in [0, 0.05) is 21.3 Å². The molecule has 0 aliphatic rings. The summed E-state index contributed by atoms with van der Waals surface area (Å²) in [6, 6.07) is 2.37. The largest absolute Gasteiger partial charge is 0.420 e. The van der Waals surface area contributed by atoms with E-state index in [1.165, 1.54) is 30.4 Å². The lowest BCUT2D eigenvalue weighted by atomic mass is 10.6. The molecule has 0 unspecified atom stereocenters. The van der Waals surface area contributed by atoms with Crippen molar-refractivity contribution < 1.29 is 13.3 Å². The lowest BCUT2D eigenvalue weighted by Gasteiger charge is -2.25.